The van der Waals surface area contributed by atoms with E-state index < -0.39 is 30.4 Å². The van der Waals surface area contributed by atoms with Crippen LogP contribution in [0.15, 0.2) is 42.5 Å². The summed E-state index contributed by atoms with van der Waals surface area (Å²) in [5, 5.41) is 2.61. The van der Waals surface area contributed by atoms with Crippen LogP contribution in [0.4, 0.5) is 11.4 Å². The van der Waals surface area contributed by atoms with Crippen molar-refractivity contribution in [3.8, 4) is 0 Å². The zero-order chi connectivity index (χ0) is 24.0. The number of benzene rings is 2. The second kappa shape index (κ2) is 10.8. The van der Waals surface area contributed by atoms with E-state index in [0.717, 1.165) is 23.2 Å². The summed E-state index contributed by atoms with van der Waals surface area (Å²) in [6.07, 6.45) is 0.778. The van der Waals surface area contributed by atoms with E-state index in [1.165, 1.54) is 0 Å². The van der Waals surface area contributed by atoms with Crippen molar-refractivity contribution < 1.29 is 28.7 Å². The van der Waals surface area contributed by atoms with Crippen LogP contribution in [0, 0.1) is 19.8 Å². The number of nitrogens with one attached hydrogen (secondary N) is 1. The van der Waals surface area contributed by atoms with Crippen LogP contribution in [0.5, 0.6) is 0 Å². The number of hydrogen-bond acceptors (Lipinski definition) is 6. The third-order valence-corrected chi connectivity index (χ3v) is 5.30. The van der Waals surface area contributed by atoms with E-state index in [9.17, 15) is 19.2 Å². The maximum absolute atomic E-state index is 12.5. The lowest BCUT2D eigenvalue weighted by atomic mass is 10.1. The third-order valence-electron chi connectivity index (χ3n) is 5.30. The number of anilines is 2. The van der Waals surface area contributed by atoms with Crippen LogP contribution in [0.2, 0.25) is 0 Å². The van der Waals surface area contributed by atoms with Crippen molar-refractivity contribution in [1.82, 2.24) is 0 Å². The van der Waals surface area contributed by atoms with E-state index in [2.05, 4.69) is 5.32 Å². The van der Waals surface area contributed by atoms with Crippen molar-refractivity contribution in [2.75, 3.05) is 30.0 Å². The second-order valence-electron chi connectivity index (χ2n) is 8.06. The van der Waals surface area contributed by atoms with Crippen LogP contribution >= 0.6 is 0 Å². The number of esters is 2. The number of nitrogens with zero attached hydrogens (tertiary/aromatic N) is 1. The molecule has 1 aliphatic rings. The van der Waals surface area contributed by atoms with Gasteiger partial charge in [0.25, 0.3) is 5.91 Å². The molecule has 8 heteroatoms. The molecule has 3 rings (SSSR count). The molecule has 1 aliphatic heterocycles. The van der Waals surface area contributed by atoms with Gasteiger partial charge in [-0.25, -0.2) is 4.79 Å². The Balaban J connectivity index is 1.49. The molecule has 2 amide bonds. The summed E-state index contributed by atoms with van der Waals surface area (Å²) in [6, 6.07) is 12.1. The third kappa shape index (κ3) is 6.19. The molecule has 0 radical (unpaired) electrons. The van der Waals surface area contributed by atoms with Crippen LogP contribution < -0.4 is 10.2 Å². The Morgan fingerprint density at radius 1 is 1.06 bits per heavy atom. The molecular formula is C25H28N2O6. The van der Waals surface area contributed by atoms with Gasteiger partial charge in [-0.15, -0.1) is 0 Å². The van der Waals surface area contributed by atoms with Crippen molar-refractivity contribution in [3.05, 3.63) is 59.2 Å². The van der Waals surface area contributed by atoms with Gasteiger partial charge in [0.05, 0.1) is 18.1 Å². The first-order chi connectivity index (χ1) is 15.8. The van der Waals surface area contributed by atoms with E-state index in [1.807, 2.05) is 39.0 Å². The smallest absolute Gasteiger partial charge is 0.338 e. The molecule has 0 aromatic heterocycles. The standard InChI is InChI=1S/C25H28N2O6/c1-4-11-32-24(30)18-7-9-20(10-8-18)26-22(28)15-33-25(31)19-13-23(29)27(14-19)21-12-16(2)5-6-17(21)3/h5-10,12,19H,4,11,13-15H2,1-3H3,(H,26,28). The van der Waals surface area contributed by atoms with Gasteiger partial charge in [-0.05, 0) is 61.7 Å². The molecule has 0 bridgehead atoms. The lowest BCUT2D eigenvalue weighted by Crippen LogP contribution is -2.28. The zero-order valence-electron chi connectivity index (χ0n) is 19.1. The molecule has 1 atom stereocenters. The van der Waals surface area contributed by atoms with Crippen molar-refractivity contribution in [2.24, 2.45) is 5.92 Å². The number of carbonyl (C=O) groups excluding carboxylic acids is 4. The number of ether oxygens (including phenoxy) is 2. The van der Waals surface area contributed by atoms with E-state index >= 15 is 0 Å². The van der Waals surface area contributed by atoms with Crippen LogP contribution in [-0.4, -0.2) is 43.5 Å². The molecule has 1 fully saturated rings. The van der Waals surface area contributed by atoms with E-state index in [-0.39, 0.29) is 18.9 Å². The van der Waals surface area contributed by atoms with Gasteiger partial charge in [0.2, 0.25) is 5.91 Å². The lowest BCUT2D eigenvalue weighted by molar-refractivity contribution is -0.151. The van der Waals surface area contributed by atoms with Crippen LogP contribution in [-0.2, 0) is 23.9 Å². The highest BCUT2D eigenvalue weighted by atomic mass is 16.5. The Hall–Kier alpha value is -3.68. The predicted octanol–water partition coefficient (Wildman–Crippen LogP) is 3.41. The summed E-state index contributed by atoms with van der Waals surface area (Å²) in [7, 11) is 0. The Morgan fingerprint density at radius 3 is 2.48 bits per heavy atom. The minimum absolute atomic E-state index is 0.0451. The van der Waals surface area contributed by atoms with E-state index in [4.69, 9.17) is 9.47 Å². The lowest BCUT2D eigenvalue weighted by Gasteiger charge is -2.19. The molecule has 33 heavy (non-hydrogen) atoms. The van der Waals surface area contributed by atoms with Gasteiger partial charge in [-0.3, -0.25) is 14.4 Å². The fraction of sp³-hybridized carbons (Fsp3) is 0.360. The molecule has 2 aromatic carbocycles. The molecule has 0 saturated carbocycles. The monoisotopic (exact) mass is 452 g/mol. The van der Waals surface area contributed by atoms with Gasteiger partial charge in [0.15, 0.2) is 6.61 Å². The molecule has 1 unspecified atom stereocenters. The molecule has 1 saturated heterocycles. The van der Waals surface area contributed by atoms with Gasteiger partial charge in [0, 0.05) is 24.3 Å². The van der Waals surface area contributed by atoms with Crippen LogP contribution in [0.25, 0.3) is 0 Å². The minimum Gasteiger partial charge on any atom is -0.462 e. The molecule has 8 nitrogen and oxygen atoms in total. The summed E-state index contributed by atoms with van der Waals surface area (Å²) in [5.74, 6) is -2.29. The number of carbonyl (C=O) groups is 4. The Kier molecular flexibility index (Phi) is 7.82. The van der Waals surface area contributed by atoms with Crippen LogP contribution in [0.3, 0.4) is 0 Å². The number of aryl methyl sites for hydroxylation is 2. The first-order valence-corrected chi connectivity index (χ1v) is 10.9. The Labute approximate surface area is 192 Å². The number of hydrogen-bond donors (Lipinski definition) is 1. The first kappa shape index (κ1) is 24.0. The SMILES string of the molecule is CCCOC(=O)c1ccc(NC(=O)COC(=O)C2CC(=O)N(c3cc(C)ccc3C)C2)cc1. The fourth-order valence-corrected chi connectivity index (χ4v) is 3.53. The summed E-state index contributed by atoms with van der Waals surface area (Å²) in [6.45, 7) is 5.87. The van der Waals surface area contributed by atoms with Crippen molar-refractivity contribution in [3.63, 3.8) is 0 Å². The predicted molar refractivity (Wildman–Crippen MR) is 123 cm³/mol. The molecule has 0 aliphatic carbocycles. The quantitative estimate of drug-likeness (QED) is 0.616. The Morgan fingerprint density at radius 2 is 1.79 bits per heavy atom. The van der Waals surface area contributed by atoms with Gasteiger partial charge >= 0.3 is 11.9 Å². The molecule has 174 valence electrons. The van der Waals surface area contributed by atoms with Crippen molar-refractivity contribution in [2.45, 2.75) is 33.6 Å². The van der Waals surface area contributed by atoms with Crippen LogP contribution in [0.1, 0.15) is 41.3 Å². The topological polar surface area (TPSA) is 102 Å². The highest BCUT2D eigenvalue weighted by Crippen LogP contribution is 2.29. The summed E-state index contributed by atoms with van der Waals surface area (Å²) < 4.78 is 10.2. The van der Waals surface area contributed by atoms with Crippen molar-refractivity contribution >= 4 is 35.1 Å². The largest absolute Gasteiger partial charge is 0.462 e. The van der Waals surface area contributed by atoms with Gasteiger partial charge < -0.3 is 19.7 Å². The molecule has 0 spiro atoms. The van der Waals surface area contributed by atoms with Crippen molar-refractivity contribution in [1.29, 1.82) is 0 Å². The van der Waals surface area contributed by atoms with E-state index in [0.29, 0.717) is 17.9 Å². The number of amides is 2. The first-order valence-electron chi connectivity index (χ1n) is 10.9. The van der Waals surface area contributed by atoms with E-state index in [1.54, 1.807) is 29.2 Å². The normalized spacial score (nSPS) is 15.3. The fourth-order valence-electron chi connectivity index (χ4n) is 3.53. The highest BCUT2D eigenvalue weighted by molar-refractivity contribution is 6.00. The second-order valence-corrected chi connectivity index (χ2v) is 8.06. The number of rotatable bonds is 8. The van der Waals surface area contributed by atoms with Gasteiger partial charge in [0.1, 0.15) is 0 Å². The highest BCUT2D eigenvalue weighted by Gasteiger charge is 2.36. The maximum Gasteiger partial charge on any atom is 0.338 e. The molecule has 1 N–H and O–H groups in total. The summed E-state index contributed by atoms with van der Waals surface area (Å²) in [4.78, 5) is 50.5. The molecule has 1 heterocycles. The molecular weight excluding hydrogens is 424 g/mol. The maximum atomic E-state index is 12.5. The zero-order valence-corrected chi connectivity index (χ0v) is 19.1. The average Bonchev–Trinajstić information content (AvgIpc) is 3.19. The minimum atomic E-state index is -0.626. The molecule has 2 aromatic rings. The summed E-state index contributed by atoms with van der Waals surface area (Å²) >= 11 is 0. The average molecular weight is 453 g/mol. The van der Waals surface area contributed by atoms with Gasteiger partial charge in [-0.1, -0.05) is 19.1 Å². The van der Waals surface area contributed by atoms with Gasteiger partial charge in [-0.2, -0.15) is 0 Å². The Bertz CT molecular complexity index is 1050. The summed E-state index contributed by atoms with van der Waals surface area (Å²) in [5.41, 5.74) is 3.60.